The molecular formula is C15H13BrFNO3. The Balaban J connectivity index is 2.28. The summed E-state index contributed by atoms with van der Waals surface area (Å²) in [6.45, 7) is 0. The summed E-state index contributed by atoms with van der Waals surface area (Å²) in [5.41, 5.74) is 0.801. The Hall–Kier alpha value is -2.08. The van der Waals surface area contributed by atoms with Gasteiger partial charge in [0.15, 0.2) is 0 Å². The lowest BCUT2D eigenvalue weighted by Gasteiger charge is -2.11. The summed E-state index contributed by atoms with van der Waals surface area (Å²) >= 11 is 3.07. The molecule has 0 saturated carbocycles. The Morgan fingerprint density at radius 1 is 1.14 bits per heavy atom. The molecule has 2 rings (SSSR count). The van der Waals surface area contributed by atoms with Crippen LogP contribution >= 0.6 is 15.9 Å². The number of ether oxygens (including phenoxy) is 2. The average Bonchev–Trinajstić information content (AvgIpc) is 2.50. The molecule has 4 nitrogen and oxygen atoms in total. The van der Waals surface area contributed by atoms with Gasteiger partial charge in [0.25, 0.3) is 5.91 Å². The molecule has 0 spiro atoms. The third-order valence-corrected chi connectivity index (χ3v) is 3.44. The van der Waals surface area contributed by atoms with Gasteiger partial charge < -0.3 is 14.8 Å². The first-order chi connectivity index (χ1) is 10.0. The van der Waals surface area contributed by atoms with Gasteiger partial charge in [0.05, 0.1) is 24.3 Å². The van der Waals surface area contributed by atoms with Crippen molar-refractivity contribution in [2.24, 2.45) is 0 Å². The Bertz CT molecular complexity index is 676. The van der Waals surface area contributed by atoms with E-state index in [0.29, 0.717) is 22.7 Å². The highest BCUT2D eigenvalue weighted by Gasteiger charge is 2.14. The summed E-state index contributed by atoms with van der Waals surface area (Å²) in [5.74, 6) is 0.201. The highest BCUT2D eigenvalue weighted by molar-refractivity contribution is 9.10. The number of methoxy groups -OCH3 is 2. The van der Waals surface area contributed by atoms with E-state index < -0.39 is 5.82 Å². The largest absolute Gasteiger partial charge is 0.497 e. The van der Waals surface area contributed by atoms with Gasteiger partial charge in [-0.15, -0.1) is 0 Å². The van der Waals surface area contributed by atoms with Crippen molar-refractivity contribution in [1.82, 2.24) is 0 Å². The maximum atomic E-state index is 13.2. The van der Waals surface area contributed by atoms with Crippen molar-refractivity contribution in [3.63, 3.8) is 0 Å². The van der Waals surface area contributed by atoms with Gasteiger partial charge >= 0.3 is 0 Å². The van der Waals surface area contributed by atoms with Crippen molar-refractivity contribution in [3.05, 3.63) is 52.3 Å². The van der Waals surface area contributed by atoms with Gasteiger partial charge in [-0.2, -0.15) is 0 Å². The van der Waals surface area contributed by atoms with Gasteiger partial charge in [0.1, 0.15) is 17.3 Å². The Kier molecular flexibility index (Phi) is 4.80. The fourth-order valence-corrected chi connectivity index (χ4v) is 2.14. The minimum Gasteiger partial charge on any atom is -0.497 e. The molecular weight excluding hydrogens is 341 g/mol. The molecule has 1 amide bonds. The fraction of sp³-hybridized carbons (Fsp3) is 0.133. The molecule has 0 atom stereocenters. The molecule has 0 fully saturated rings. The number of nitrogens with one attached hydrogen (secondary N) is 1. The Morgan fingerprint density at radius 3 is 2.52 bits per heavy atom. The van der Waals surface area contributed by atoms with E-state index in [1.807, 2.05) is 0 Å². The van der Waals surface area contributed by atoms with Crippen LogP contribution in [0.2, 0.25) is 0 Å². The normalized spacial score (nSPS) is 10.1. The van der Waals surface area contributed by atoms with Crippen LogP contribution in [0.15, 0.2) is 40.9 Å². The summed E-state index contributed by atoms with van der Waals surface area (Å²) in [5, 5.41) is 2.68. The van der Waals surface area contributed by atoms with Crippen molar-refractivity contribution in [2.45, 2.75) is 0 Å². The van der Waals surface area contributed by atoms with Crippen molar-refractivity contribution >= 4 is 27.5 Å². The lowest BCUT2D eigenvalue weighted by atomic mass is 10.1. The molecule has 0 radical (unpaired) electrons. The van der Waals surface area contributed by atoms with Crippen LogP contribution in [0, 0.1) is 5.82 Å². The number of halogens is 2. The van der Waals surface area contributed by atoms with E-state index in [-0.39, 0.29) is 10.4 Å². The number of carbonyl (C=O) groups is 1. The van der Waals surface area contributed by atoms with E-state index in [1.54, 1.807) is 18.2 Å². The maximum Gasteiger partial charge on any atom is 0.259 e. The molecule has 0 bridgehead atoms. The number of rotatable bonds is 4. The number of hydrogen-bond donors (Lipinski definition) is 1. The summed E-state index contributed by atoms with van der Waals surface area (Å²) in [7, 11) is 2.99. The lowest BCUT2D eigenvalue weighted by Crippen LogP contribution is -2.13. The van der Waals surface area contributed by atoms with Gasteiger partial charge in [-0.1, -0.05) is 0 Å². The minimum atomic E-state index is -0.396. The van der Waals surface area contributed by atoms with Crippen molar-refractivity contribution in [3.8, 4) is 11.5 Å². The quantitative estimate of drug-likeness (QED) is 0.907. The molecule has 0 saturated heterocycles. The van der Waals surface area contributed by atoms with E-state index >= 15 is 0 Å². The molecule has 2 aromatic carbocycles. The van der Waals surface area contributed by atoms with Crippen LogP contribution in [-0.4, -0.2) is 20.1 Å². The molecule has 0 heterocycles. The van der Waals surface area contributed by atoms with Crippen molar-refractivity contribution in [2.75, 3.05) is 19.5 Å². The number of benzene rings is 2. The highest BCUT2D eigenvalue weighted by atomic mass is 79.9. The Labute approximate surface area is 130 Å². The molecule has 0 aromatic heterocycles. The summed E-state index contributed by atoms with van der Waals surface area (Å²) < 4.78 is 23.7. The van der Waals surface area contributed by atoms with Gasteiger partial charge in [-0.25, -0.2) is 4.39 Å². The van der Waals surface area contributed by atoms with Crippen molar-refractivity contribution in [1.29, 1.82) is 0 Å². The number of hydrogen-bond acceptors (Lipinski definition) is 3. The standard InChI is InChI=1S/C15H13BrFNO3/c1-20-10-4-6-14(21-2)11(8-10)15(19)18-9-3-5-13(17)12(16)7-9/h3-8H,1-2H3,(H,18,19). The molecule has 2 aromatic rings. The molecule has 0 aliphatic rings. The first kappa shape index (κ1) is 15.3. The molecule has 6 heteroatoms. The molecule has 1 N–H and O–H groups in total. The SMILES string of the molecule is COc1ccc(OC)c(C(=O)Nc2ccc(F)c(Br)c2)c1. The van der Waals surface area contributed by atoms with Crippen LogP contribution < -0.4 is 14.8 Å². The molecule has 0 aliphatic heterocycles. The molecule has 110 valence electrons. The van der Waals surface area contributed by atoms with Crippen LogP contribution in [0.1, 0.15) is 10.4 Å². The second-order valence-electron chi connectivity index (χ2n) is 4.15. The predicted octanol–water partition coefficient (Wildman–Crippen LogP) is 3.86. The van der Waals surface area contributed by atoms with Gasteiger partial charge in [-0.3, -0.25) is 4.79 Å². The zero-order valence-corrected chi connectivity index (χ0v) is 13.0. The van der Waals surface area contributed by atoms with Crippen LogP contribution in [0.5, 0.6) is 11.5 Å². The summed E-state index contributed by atoms with van der Waals surface area (Å²) in [6, 6.07) is 9.15. The van der Waals surface area contributed by atoms with E-state index in [2.05, 4.69) is 21.2 Å². The predicted molar refractivity (Wildman–Crippen MR) is 81.6 cm³/mol. The monoisotopic (exact) mass is 353 g/mol. The lowest BCUT2D eigenvalue weighted by molar-refractivity contribution is 0.102. The van der Waals surface area contributed by atoms with Crippen LogP contribution in [0.25, 0.3) is 0 Å². The Morgan fingerprint density at radius 2 is 1.90 bits per heavy atom. The van der Waals surface area contributed by atoms with Gasteiger partial charge in [-0.05, 0) is 52.3 Å². The summed E-state index contributed by atoms with van der Waals surface area (Å²) in [6.07, 6.45) is 0. The zero-order valence-electron chi connectivity index (χ0n) is 11.4. The fourth-order valence-electron chi connectivity index (χ4n) is 1.76. The first-order valence-corrected chi connectivity index (χ1v) is 6.83. The van der Waals surface area contributed by atoms with Crippen LogP contribution in [0.3, 0.4) is 0 Å². The number of carbonyl (C=O) groups excluding carboxylic acids is 1. The van der Waals surface area contributed by atoms with E-state index in [4.69, 9.17) is 9.47 Å². The molecule has 0 unspecified atom stereocenters. The number of anilines is 1. The second kappa shape index (κ2) is 6.58. The zero-order chi connectivity index (χ0) is 15.4. The third-order valence-electron chi connectivity index (χ3n) is 2.83. The van der Waals surface area contributed by atoms with Crippen LogP contribution in [-0.2, 0) is 0 Å². The average molecular weight is 354 g/mol. The second-order valence-corrected chi connectivity index (χ2v) is 5.00. The molecule has 0 aliphatic carbocycles. The minimum absolute atomic E-state index is 0.276. The third kappa shape index (κ3) is 3.52. The van der Waals surface area contributed by atoms with Crippen molar-refractivity contribution < 1.29 is 18.7 Å². The van der Waals surface area contributed by atoms with Gasteiger partial charge in [0.2, 0.25) is 0 Å². The highest BCUT2D eigenvalue weighted by Crippen LogP contribution is 2.26. The molecule has 21 heavy (non-hydrogen) atoms. The van der Waals surface area contributed by atoms with Gasteiger partial charge in [0, 0.05) is 5.69 Å². The van der Waals surface area contributed by atoms with E-state index in [9.17, 15) is 9.18 Å². The number of amides is 1. The first-order valence-electron chi connectivity index (χ1n) is 6.03. The van der Waals surface area contributed by atoms with Crippen LogP contribution in [0.4, 0.5) is 10.1 Å². The smallest absolute Gasteiger partial charge is 0.259 e. The summed E-state index contributed by atoms with van der Waals surface area (Å²) in [4.78, 5) is 12.3. The van der Waals surface area contributed by atoms with E-state index in [1.165, 1.54) is 32.4 Å². The van der Waals surface area contributed by atoms with E-state index in [0.717, 1.165) is 0 Å². The topological polar surface area (TPSA) is 47.6 Å². The maximum absolute atomic E-state index is 13.2.